The van der Waals surface area contributed by atoms with E-state index in [0.29, 0.717) is 18.0 Å². The number of hydrogen-bond donors (Lipinski definition) is 0. The largest absolute Gasteiger partial charge is 0.475 e. The highest BCUT2D eigenvalue weighted by Crippen LogP contribution is 2.23. The van der Waals surface area contributed by atoms with Crippen molar-refractivity contribution < 1.29 is 4.74 Å². The summed E-state index contributed by atoms with van der Waals surface area (Å²) in [4.78, 5) is 12.3. The molecule has 0 N–H and O–H groups in total. The molecule has 1 aliphatic carbocycles. The Morgan fingerprint density at radius 3 is 2.61 bits per heavy atom. The van der Waals surface area contributed by atoms with Gasteiger partial charge in [-0.2, -0.15) is 14.5 Å². The summed E-state index contributed by atoms with van der Waals surface area (Å²) in [7, 11) is 1.57. The Hall–Kier alpha value is -3.55. The highest BCUT2D eigenvalue weighted by Gasteiger charge is 2.14. The lowest BCUT2D eigenvalue weighted by molar-refractivity contribution is 0.282. The van der Waals surface area contributed by atoms with Crippen LogP contribution in [0.15, 0.2) is 51.4 Å². The summed E-state index contributed by atoms with van der Waals surface area (Å²) in [5, 5.41) is 16.6. The van der Waals surface area contributed by atoms with E-state index in [1.165, 1.54) is 39.8 Å². The van der Waals surface area contributed by atoms with Gasteiger partial charge in [-0.15, -0.1) is 5.10 Å². The Labute approximate surface area is 193 Å². The summed E-state index contributed by atoms with van der Waals surface area (Å²) in [6.45, 7) is 6.19. The normalized spacial score (nSPS) is 14.3. The molecule has 1 aliphatic rings. The van der Waals surface area contributed by atoms with Gasteiger partial charge in [-0.3, -0.25) is 0 Å². The maximum atomic E-state index is 12.3. The van der Waals surface area contributed by atoms with Crippen molar-refractivity contribution in [3.05, 3.63) is 74.7 Å². The second-order valence-corrected chi connectivity index (χ2v) is 8.38. The van der Waals surface area contributed by atoms with Gasteiger partial charge in [0, 0.05) is 19.0 Å². The van der Waals surface area contributed by atoms with Crippen LogP contribution < -0.4 is 5.69 Å². The number of benzene rings is 2. The predicted molar refractivity (Wildman–Crippen MR) is 129 cm³/mol. The van der Waals surface area contributed by atoms with E-state index in [-0.39, 0.29) is 12.3 Å². The van der Waals surface area contributed by atoms with Crippen LogP contribution in [0.1, 0.15) is 60.9 Å². The molecular formula is C25H30N6O2. The Kier molecular flexibility index (Phi) is 6.82. The Morgan fingerprint density at radius 2 is 1.88 bits per heavy atom. The van der Waals surface area contributed by atoms with Crippen molar-refractivity contribution in [2.24, 2.45) is 17.3 Å². The summed E-state index contributed by atoms with van der Waals surface area (Å²) in [6, 6.07) is 12.3. The van der Waals surface area contributed by atoms with Gasteiger partial charge in [0.2, 0.25) is 5.90 Å². The third kappa shape index (κ3) is 4.94. The van der Waals surface area contributed by atoms with Gasteiger partial charge in [0.15, 0.2) is 0 Å². The van der Waals surface area contributed by atoms with Crippen molar-refractivity contribution in [1.82, 2.24) is 19.8 Å². The summed E-state index contributed by atoms with van der Waals surface area (Å²) >= 11 is 0. The smallest absolute Gasteiger partial charge is 0.368 e. The summed E-state index contributed by atoms with van der Waals surface area (Å²) < 4.78 is 8.50. The van der Waals surface area contributed by atoms with Crippen LogP contribution in [0.2, 0.25) is 0 Å². The highest BCUT2D eigenvalue weighted by molar-refractivity contribution is 5.99. The number of fused-ring (bicyclic) bond motifs is 1. The molecule has 0 atom stereocenters. The molecule has 0 amide bonds. The molecule has 0 saturated heterocycles. The van der Waals surface area contributed by atoms with E-state index in [0.717, 1.165) is 28.8 Å². The van der Waals surface area contributed by atoms with Gasteiger partial charge in [0.1, 0.15) is 6.61 Å². The van der Waals surface area contributed by atoms with Gasteiger partial charge in [-0.05, 0) is 84.3 Å². The molecule has 0 bridgehead atoms. The number of hydrogen-bond acceptors (Lipinski definition) is 6. The van der Waals surface area contributed by atoms with Gasteiger partial charge in [0.05, 0.1) is 11.4 Å². The first kappa shape index (κ1) is 22.6. The quantitative estimate of drug-likeness (QED) is 0.326. The molecule has 0 radical (unpaired) electrons. The Bertz CT molecular complexity index is 1270. The van der Waals surface area contributed by atoms with Gasteiger partial charge in [-0.25, -0.2) is 4.79 Å². The third-order valence-electron chi connectivity index (χ3n) is 6.10. The van der Waals surface area contributed by atoms with Crippen molar-refractivity contribution in [3.63, 3.8) is 0 Å². The first-order valence-corrected chi connectivity index (χ1v) is 11.4. The van der Waals surface area contributed by atoms with Gasteiger partial charge >= 0.3 is 5.69 Å². The number of aryl methyl sites for hydroxylation is 4. The van der Waals surface area contributed by atoms with Crippen molar-refractivity contribution in [3.8, 4) is 5.69 Å². The zero-order valence-corrected chi connectivity index (χ0v) is 19.7. The topological polar surface area (TPSA) is 86.7 Å². The third-order valence-corrected chi connectivity index (χ3v) is 6.10. The molecule has 3 aromatic rings. The van der Waals surface area contributed by atoms with Gasteiger partial charge in [-0.1, -0.05) is 31.2 Å². The van der Waals surface area contributed by atoms with E-state index in [2.05, 4.69) is 38.8 Å². The minimum atomic E-state index is -0.309. The molecule has 8 heteroatoms. The van der Waals surface area contributed by atoms with E-state index in [1.807, 2.05) is 39.0 Å². The first-order chi connectivity index (χ1) is 16.0. The Morgan fingerprint density at radius 1 is 1.09 bits per heavy atom. The summed E-state index contributed by atoms with van der Waals surface area (Å²) in [5.74, 6) is 0.535. The fourth-order valence-electron chi connectivity index (χ4n) is 4.04. The summed E-state index contributed by atoms with van der Waals surface area (Å²) in [6.07, 6.45) is 5.43. The van der Waals surface area contributed by atoms with E-state index >= 15 is 0 Å². The van der Waals surface area contributed by atoms with Gasteiger partial charge < -0.3 is 4.74 Å². The second-order valence-electron chi connectivity index (χ2n) is 8.38. The van der Waals surface area contributed by atoms with Crippen LogP contribution in [0.5, 0.6) is 0 Å². The van der Waals surface area contributed by atoms with Crippen molar-refractivity contribution in [1.29, 1.82) is 0 Å². The van der Waals surface area contributed by atoms with E-state index in [9.17, 15) is 4.79 Å². The zero-order valence-electron chi connectivity index (χ0n) is 19.7. The van der Waals surface area contributed by atoms with Crippen LogP contribution in [0.4, 0.5) is 0 Å². The second kappa shape index (κ2) is 9.94. The molecular weight excluding hydrogens is 416 g/mol. The van der Waals surface area contributed by atoms with Crippen molar-refractivity contribution >= 4 is 11.6 Å². The number of rotatable bonds is 6. The predicted octanol–water partition coefficient (Wildman–Crippen LogP) is 3.90. The molecule has 4 rings (SSSR count). The first-order valence-electron chi connectivity index (χ1n) is 11.4. The maximum Gasteiger partial charge on any atom is 0.368 e. The monoisotopic (exact) mass is 446 g/mol. The number of aromatic nitrogens is 4. The van der Waals surface area contributed by atoms with Crippen LogP contribution in [0.25, 0.3) is 5.69 Å². The van der Waals surface area contributed by atoms with Crippen molar-refractivity contribution in [2.75, 3.05) is 0 Å². The van der Waals surface area contributed by atoms with Crippen LogP contribution in [0, 0.1) is 6.92 Å². The SMILES string of the molecule is CCC(=NN=C(C)c1ccc2c(c1)CCCC2)OCc1c(C)cccc1-n1nnn(C)c1=O. The number of nitrogens with zero attached hydrogens (tertiary/aromatic N) is 6. The van der Waals surface area contributed by atoms with Crippen LogP contribution >= 0.6 is 0 Å². The fraction of sp³-hybridized carbons (Fsp3) is 0.400. The molecule has 1 heterocycles. The average Bonchev–Trinajstić information content (AvgIpc) is 3.17. The molecule has 0 spiro atoms. The number of tetrazole rings is 1. The molecule has 0 unspecified atom stereocenters. The maximum absolute atomic E-state index is 12.3. The molecule has 0 fully saturated rings. The lowest BCUT2D eigenvalue weighted by Gasteiger charge is -2.16. The van der Waals surface area contributed by atoms with Crippen LogP contribution in [-0.4, -0.2) is 31.4 Å². The molecule has 33 heavy (non-hydrogen) atoms. The standard InChI is InChI=1S/C25H30N6O2/c1-5-24(27-26-18(3)20-14-13-19-10-6-7-11-21(19)15-20)33-16-22-17(2)9-8-12-23(22)31-25(32)30(4)28-29-31/h8-9,12-15H,5-7,10-11,16H2,1-4H3. The lowest BCUT2D eigenvalue weighted by atomic mass is 9.90. The molecule has 0 aliphatic heterocycles. The molecule has 0 saturated carbocycles. The average molecular weight is 447 g/mol. The molecule has 2 aromatic carbocycles. The van der Waals surface area contributed by atoms with E-state index < -0.39 is 0 Å². The highest BCUT2D eigenvalue weighted by atomic mass is 16.5. The minimum absolute atomic E-state index is 0.255. The number of ether oxygens (including phenoxy) is 1. The fourth-order valence-corrected chi connectivity index (χ4v) is 4.04. The Balaban J connectivity index is 1.53. The molecule has 172 valence electrons. The van der Waals surface area contributed by atoms with E-state index in [1.54, 1.807) is 7.05 Å². The van der Waals surface area contributed by atoms with Gasteiger partial charge in [0.25, 0.3) is 0 Å². The van der Waals surface area contributed by atoms with E-state index in [4.69, 9.17) is 4.74 Å². The van der Waals surface area contributed by atoms with Crippen LogP contribution in [0.3, 0.4) is 0 Å². The van der Waals surface area contributed by atoms with Crippen LogP contribution in [-0.2, 0) is 31.2 Å². The van der Waals surface area contributed by atoms with Crippen molar-refractivity contribution in [2.45, 2.75) is 59.5 Å². The minimum Gasteiger partial charge on any atom is -0.475 e. The molecule has 8 nitrogen and oxygen atoms in total. The summed E-state index contributed by atoms with van der Waals surface area (Å²) in [5.41, 5.74) is 7.03. The molecule has 1 aromatic heterocycles. The zero-order chi connectivity index (χ0) is 23.4. The lowest BCUT2D eigenvalue weighted by Crippen LogP contribution is -2.23.